The smallest absolute Gasteiger partial charge is 0.237 e. The van der Waals surface area contributed by atoms with Gasteiger partial charge in [0.05, 0.1) is 6.04 Å². The van der Waals surface area contributed by atoms with Crippen LogP contribution in [0.25, 0.3) is 0 Å². The van der Waals surface area contributed by atoms with E-state index in [9.17, 15) is 4.79 Å². The maximum atomic E-state index is 11.7. The number of rotatable bonds is 5. The van der Waals surface area contributed by atoms with E-state index >= 15 is 0 Å². The van der Waals surface area contributed by atoms with Crippen LogP contribution in [0, 0.1) is 11.3 Å². The minimum Gasteiger partial charge on any atom is -0.352 e. The van der Waals surface area contributed by atoms with E-state index in [-0.39, 0.29) is 11.9 Å². The van der Waals surface area contributed by atoms with Gasteiger partial charge in [0.15, 0.2) is 0 Å². The zero-order valence-electron chi connectivity index (χ0n) is 12.5. The first-order chi connectivity index (χ1) is 8.40. The third kappa shape index (κ3) is 3.98. The van der Waals surface area contributed by atoms with Crippen molar-refractivity contribution < 1.29 is 4.79 Å². The second-order valence-corrected chi connectivity index (χ2v) is 6.41. The average Bonchev–Trinajstić information content (AvgIpc) is 2.38. The summed E-state index contributed by atoms with van der Waals surface area (Å²) in [6.45, 7) is 8.95. The van der Waals surface area contributed by atoms with E-state index in [0.717, 1.165) is 18.8 Å². The molecule has 1 saturated carbocycles. The zero-order valence-corrected chi connectivity index (χ0v) is 12.5. The third-order valence-corrected chi connectivity index (χ3v) is 4.87. The monoisotopic (exact) mass is 254 g/mol. The molecule has 3 N–H and O–H groups in total. The number of hydrogen-bond acceptors (Lipinski definition) is 2. The van der Waals surface area contributed by atoms with Crippen LogP contribution >= 0.6 is 0 Å². The van der Waals surface area contributed by atoms with Gasteiger partial charge in [0.1, 0.15) is 0 Å². The largest absolute Gasteiger partial charge is 0.352 e. The summed E-state index contributed by atoms with van der Waals surface area (Å²) in [7, 11) is 0. The van der Waals surface area contributed by atoms with Crippen molar-refractivity contribution in [3.05, 3.63) is 0 Å². The Bertz CT molecular complexity index is 268. The van der Waals surface area contributed by atoms with E-state index in [4.69, 9.17) is 5.73 Å². The number of amides is 1. The predicted octanol–water partition coefficient (Wildman–Crippen LogP) is 2.83. The number of hydrogen-bond donors (Lipinski definition) is 2. The Labute approximate surface area is 112 Å². The fraction of sp³-hybridized carbons (Fsp3) is 0.933. The summed E-state index contributed by atoms with van der Waals surface area (Å²) >= 11 is 0. The molecule has 3 heteroatoms. The Morgan fingerprint density at radius 2 is 1.83 bits per heavy atom. The summed E-state index contributed by atoms with van der Waals surface area (Å²) < 4.78 is 0. The lowest BCUT2D eigenvalue weighted by molar-refractivity contribution is -0.123. The van der Waals surface area contributed by atoms with Crippen molar-refractivity contribution in [3.8, 4) is 0 Å². The standard InChI is InChI=1S/C15H30N2O/c1-5-13(16)14(18)17-12-9-7-11(8-10-12)15(3,4)6-2/h11-13H,5-10,16H2,1-4H3,(H,17,18). The minimum atomic E-state index is -0.338. The molecule has 106 valence electrons. The van der Waals surface area contributed by atoms with Crippen LogP contribution in [0.1, 0.15) is 66.2 Å². The van der Waals surface area contributed by atoms with E-state index in [1.807, 2.05) is 6.92 Å². The molecule has 0 aromatic heterocycles. The number of nitrogens with two attached hydrogens (primary N) is 1. The van der Waals surface area contributed by atoms with Crippen LogP contribution < -0.4 is 11.1 Å². The molecule has 0 aliphatic heterocycles. The number of carbonyl (C=O) groups is 1. The Morgan fingerprint density at radius 3 is 2.28 bits per heavy atom. The highest BCUT2D eigenvalue weighted by molar-refractivity contribution is 5.81. The third-order valence-electron chi connectivity index (χ3n) is 4.87. The van der Waals surface area contributed by atoms with Crippen LogP contribution in [0.3, 0.4) is 0 Å². The lowest BCUT2D eigenvalue weighted by Crippen LogP contribution is -2.46. The molecular formula is C15H30N2O. The molecule has 1 atom stereocenters. The van der Waals surface area contributed by atoms with E-state index in [0.29, 0.717) is 17.9 Å². The molecular weight excluding hydrogens is 224 g/mol. The Hall–Kier alpha value is -0.570. The second-order valence-electron chi connectivity index (χ2n) is 6.41. The lowest BCUT2D eigenvalue weighted by Gasteiger charge is -2.39. The molecule has 1 aliphatic rings. The van der Waals surface area contributed by atoms with Gasteiger partial charge in [-0.3, -0.25) is 4.79 Å². The molecule has 1 aliphatic carbocycles. The van der Waals surface area contributed by atoms with Crippen LogP contribution in [0.15, 0.2) is 0 Å². The van der Waals surface area contributed by atoms with Crippen LogP contribution in [0.2, 0.25) is 0 Å². The highest BCUT2D eigenvalue weighted by atomic mass is 16.2. The first kappa shape index (κ1) is 15.5. The lowest BCUT2D eigenvalue weighted by atomic mass is 9.69. The molecule has 3 nitrogen and oxygen atoms in total. The van der Waals surface area contributed by atoms with Gasteiger partial charge in [-0.15, -0.1) is 0 Å². The number of carbonyl (C=O) groups excluding carboxylic acids is 1. The fourth-order valence-corrected chi connectivity index (χ4v) is 2.80. The molecule has 1 fully saturated rings. The molecule has 18 heavy (non-hydrogen) atoms. The highest BCUT2D eigenvalue weighted by Gasteiger charge is 2.32. The van der Waals surface area contributed by atoms with Crippen molar-refractivity contribution in [2.24, 2.45) is 17.1 Å². The molecule has 0 bridgehead atoms. The zero-order chi connectivity index (χ0) is 13.8. The van der Waals surface area contributed by atoms with Gasteiger partial charge in [-0.1, -0.05) is 34.1 Å². The quantitative estimate of drug-likeness (QED) is 0.792. The SMILES string of the molecule is CCC(N)C(=O)NC1CCC(C(C)(C)CC)CC1. The van der Waals surface area contributed by atoms with Gasteiger partial charge in [-0.05, 0) is 43.4 Å². The Kier molecular flexibility index (Phi) is 5.64. The van der Waals surface area contributed by atoms with Crippen molar-refractivity contribution in [1.29, 1.82) is 0 Å². The Morgan fingerprint density at radius 1 is 1.28 bits per heavy atom. The summed E-state index contributed by atoms with van der Waals surface area (Å²) in [4.78, 5) is 11.7. The molecule has 1 rings (SSSR count). The van der Waals surface area contributed by atoms with E-state index < -0.39 is 0 Å². The molecule has 0 aromatic rings. The van der Waals surface area contributed by atoms with Crippen LogP contribution in [0.5, 0.6) is 0 Å². The first-order valence-electron chi connectivity index (χ1n) is 7.46. The maximum Gasteiger partial charge on any atom is 0.237 e. The summed E-state index contributed by atoms with van der Waals surface area (Å²) in [5.41, 5.74) is 6.18. The molecule has 0 radical (unpaired) electrons. The van der Waals surface area contributed by atoms with E-state index in [1.54, 1.807) is 0 Å². The summed E-state index contributed by atoms with van der Waals surface area (Å²) in [5.74, 6) is 0.825. The van der Waals surface area contributed by atoms with Gasteiger partial charge in [-0.2, -0.15) is 0 Å². The fourth-order valence-electron chi connectivity index (χ4n) is 2.80. The van der Waals surface area contributed by atoms with E-state index in [2.05, 4.69) is 26.1 Å². The van der Waals surface area contributed by atoms with Crippen molar-refractivity contribution in [2.75, 3.05) is 0 Å². The molecule has 0 saturated heterocycles. The van der Waals surface area contributed by atoms with Gasteiger partial charge in [-0.25, -0.2) is 0 Å². The van der Waals surface area contributed by atoms with Crippen LogP contribution in [-0.2, 0) is 4.79 Å². The van der Waals surface area contributed by atoms with Crippen LogP contribution in [0.4, 0.5) is 0 Å². The molecule has 1 unspecified atom stereocenters. The summed E-state index contributed by atoms with van der Waals surface area (Å²) in [6.07, 6.45) is 6.62. The van der Waals surface area contributed by atoms with Crippen molar-refractivity contribution in [1.82, 2.24) is 5.32 Å². The normalized spacial score (nSPS) is 26.7. The van der Waals surface area contributed by atoms with E-state index in [1.165, 1.54) is 19.3 Å². The summed E-state index contributed by atoms with van der Waals surface area (Å²) in [6, 6.07) is 0.00816. The van der Waals surface area contributed by atoms with Crippen molar-refractivity contribution >= 4 is 5.91 Å². The van der Waals surface area contributed by atoms with Gasteiger partial charge >= 0.3 is 0 Å². The summed E-state index contributed by atoms with van der Waals surface area (Å²) in [5, 5.41) is 3.10. The van der Waals surface area contributed by atoms with Crippen molar-refractivity contribution in [3.63, 3.8) is 0 Å². The van der Waals surface area contributed by atoms with Crippen molar-refractivity contribution in [2.45, 2.75) is 78.3 Å². The molecule has 0 spiro atoms. The van der Waals surface area contributed by atoms with Gasteiger partial charge < -0.3 is 11.1 Å². The van der Waals surface area contributed by atoms with Gasteiger partial charge in [0.25, 0.3) is 0 Å². The average molecular weight is 254 g/mol. The molecule has 0 aromatic carbocycles. The first-order valence-corrected chi connectivity index (χ1v) is 7.46. The number of nitrogens with one attached hydrogen (secondary N) is 1. The maximum absolute atomic E-state index is 11.7. The van der Waals surface area contributed by atoms with Gasteiger partial charge in [0.2, 0.25) is 5.91 Å². The van der Waals surface area contributed by atoms with Crippen LogP contribution in [-0.4, -0.2) is 18.0 Å². The van der Waals surface area contributed by atoms with Gasteiger partial charge in [0, 0.05) is 6.04 Å². The topological polar surface area (TPSA) is 55.1 Å². The molecule has 0 heterocycles. The highest BCUT2D eigenvalue weighted by Crippen LogP contribution is 2.40. The molecule has 1 amide bonds. The second kappa shape index (κ2) is 6.55. The Balaban J connectivity index is 2.38. The minimum absolute atomic E-state index is 0.0238. The predicted molar refractivity (Wildman–Crippen MR) is 76.2 cm³/mol.